The normalized spacial score (nSPS) is 13.8. The molecule has 0 unspecified atom stereocenters. The summed E-state index contributed by atoms with van der Waals surface area (Å²) in [6.07, 6.45) is 1.68. The maximum atomic E-state index is 13.6. The van der Waals surface area contributed by atoms with E-state index >= 15 is 0 Å². The fraction of sp³-hybridized carbons (Fsp3) is 0.280. The van der Waals surface area contributed by atoms with Crippen molar-refractivity contribution in [2.24, 2.45) is 0 Å². The molecule has 3 aromatic rings. The number of aromatic nitrogens is 2. The summed E-state index contributed by atoms with van der Waals surface area (Å²) in [5, 5.41) is 2.76. The fourth-order valence-electron chi connectivity index (χ4n) is 3.84. The number of nitrogens with zero attached hydrogens (tertiary/aromatic N) is 3. The van der Waals surface area contributed by atoms with Crippen LogP contribution < -0.4 is 16.0 Å². The standard InChI is InChI=1S/C25H27N5O3/c1-25(2,3)33-24(32)29-21(16-7-5-4-6-8-16)22(31)30-14-12-18-15-17(9-10-20(18)30)19-11-13-27-23(26)28-19/h4-11,13,15,21H,12,14H2,1-3H3,(H,29,32)(H2,26,27,28)/t21-/m0/s1. The van der Waals surface area contributed by atoms with E-state index in [-0.39, 0.29) is 11.9 Å². The van der Waals surface area contributed by atoms with Gasteiger partial charge >= 0.3 is 6.09 Å². The van der Waals surface area contributed by atoms with Gasteiger partial charge in [-0.05, 0) is 56.5 Å². The van der Waals surface area contributed by atoms with Crippen molar-refractivity contribution in [3.8, 4) is 11.3 Å². The Bertz CT molecular complexity index is 1170. The topological polar surface area (TPSA) is 110 Å². The van der Waals surface area contributed by atoms with E-state index in [1.165, 1.54) is 0 Å². The highest BCUT2D eigenvalue weighted by Gasteiger charge is 2.33. The lowest BCUT2D eigenvalue weighted by Crippen LogP contribution is -2.44. The van der Waals surface area contributed by atoms with Crippen molar-refractivity contribution >= 4 is 23.6 Å². The molecule has 4 rings (SSSR count). The molecule has 0 radical (unpaired) electrons. The predicted molar refractivity (Wildman–Crippen MR) is 126 cm³/mol. The van der Waals surface area contributed by atoms with Gasteiger partial charge in [0.25, 0.3) is 5.91 Å². The van der Waals surface area contributed by atoms with E-state index in [9.17, 15) is 9.59 Å². The van der Waals surface area contributed by atoms with E-state index in [2.05, 4.69) is 15.3 Å². The molecule has 3 N–H and O–H groups in total. The van der Waals surface area contributed by atoms with Crippen LogP contribution in [0.3, 0.4) is 0 Å². The third-order valence-electron chi connectivity index (χ3n) is 5.25. The van der Waals surface area contributed by atoms with E-state index in [0.29, 0.717) is 18.5 Å². The SMILES string of the molecule is CC(C)(C)OC(=O)N[C@H](C(=O)N1CCc2cc(-c3ccnc(N)n3)ccc21)c1ccccc1. The highest BCUT2D eigenvalue weighted by Crippen LogP contribution is 2.34. The Balaban J connectivity index is 1.61. The Morgan fingerprint density at radius 3 is 2.58 bits per heavy atom. The molecule has 0 fully saturated rings. The molecule has 2 amide bonds. The van der Waals surface area contributed by atoms with E-state index in [1.54, 1.807) is 37.9 Å². The third-order valence-corrected chi connectivity index (χ3v) is 5.25. The minimum atomic E-state index is -0.867. The summed E-state index contributed by atoms with van der Waals surface area (Å²) in [6.45, 7) is 5.87. The highest BCUT2D eigenvalue weighted by atomic mass is 16.6. The minimum Gasteiger partial charge on any atom is -0.444 e. The van der Waals surface area contributed by atoms with Gasteiger partial charge in [0.05, 0.1) is 5.69 Å². The molecule has 8 nitrogen and oxygen atoms in total. The van der Waals surface area contributed by atoms with Crippen LogP contribution in [0.1, 0.15) is 37.9 Å². The zero-order chi connectivity index (χ0) is 23.6. The Kier molecular flexibility index (Phi) is 6.00. The van der Waals surface area contributed by atoms with Crippen LogP contribution in [0, 0.1) is 0 Å². The number of hydrogen-bond donors (Lipinski definition) is 2. The average molecular weight is 446 g/mol. The minimum absolute atomic E-state index is 0.212. The van der Waals surface area contributed by atoms with Crippen molar-refractivity contribution in [3.63, 3.8) is 0 Å². The number of carbonyl (C=O) groups is 2. The van der Waals surface area contributed by atoms with Gasteiger partial charge in [-0.25, -0.2) is 14.8 Å². The molecule has 1 aliphatic heterocycles. The van der Waals surface area contributed by atoms with Gasteiger partial charge in [0.15, 0.2) is 0 Å². The number of carbonyl (C=O) groups excluding carboxylic acids is 2. The van der Waals surface area contributed by atoms with Crippen LogP contribution in [0.2, 0.25) is 0 Å². The summed E-state index contributed by atoms with van der Waals surface area (Å²) in [7, 11) is 0. The van der Waals surface area contributed by atoms with Gasteiger partial charge in [-0.3, -0.25) is 4.79 Å². The predicted octanol–water partition coefficient (Wildman–Crippen LogP) is 3.88. The zero-order valence-corrected chi connectivity index (χ0v) is 18.9. The fourth-order valence-corrected chi connectivity index (χ4v) is 3.84. The Morgan fingerprint density at radius 1 is 1.12 bits per heavy atom. The number of nitrogens with one attached hydrogen (secondary N) is 1. The van der Waals surface area contributed by atoms with Gasteiger partial charge < -0.3 is 20.7 Å². The lowest BCUT2D eigenvalue weighted by atomic mass is 10.0. The molecular weight excluding hydrogens is 418 g/mol. The maximum Gasteiger partial charge on any atom is 0.408 e. The quantitative estimate of drug-likeness (QED) is 0.631. The largest absolute Gasteiger partial charge is 0.444 e. The van der Waals surface area contributed by atoms with E-state index in [0.717, 1.165) is 22.5 Å². The number of fused-ring (bicyclic) bond motifs is 1. The van der Waals surface area contributed by atoms with Crippen molar-refractivity contribution in [1.82, 2.24) is 15.3 Å². The average Bonchev–Trinajstić information content (AvgIpc) is 3.20. The van der Waals surface area contributed by atoms with Gasteiger partial charge in [0.2, 0.25) is 5.95 Å². The number of nitrogen functional groups attached to an aromatic ring is 1. The molecule has 1 aliphatic rings. The first-order valence-corrected chi connectivity index (χ1v) is 10.8. The number of benzene rings is 2. The monoisotopic (exact) mass is 445 g/mol. The number of nitrogens with two attached hydrogens (primary N) is 1. The van der Waals surface area contributed by atoms with Crippen LogP contribution in [-0.2, 0) is 16.0 Å². The van der Waals surface area contributed by atoms with Crippen LogP contribution in [0.15, 0.2) is 60.8 Å². The molecule has 0 aliphatic carbocycles. The van der Waals surface area contributed by atoms with Crippen molar-refractivity contribution in [2.45, 2.75) is 38.8 Å². The smallest absolute Gasteiger partial charge is 0.408 e. The van der Waals surface area contributed by atoms with Crippen LogP contribution >= 0.6 is 0 Å². The van der Waals surface area contributed by atoms with E-state index in [1.807, 2.05) is 48.5 Å². The van der Waals surface area contributed by atoms with Crippen LogP contribution in [0.4, 0.5) is 16.4 Å². The number of ether oxygens (including phenoxy) is 1. The van der Waals surface area contributed by atoms with Crippen molar-refractivity contribution in [2.75, 3.05) is 17.2 Å². The summed E-state index contributed by atoms with van der Waals surface area (Å²) < 4.78 is 5.40. The second-order valence-electron chi connectivity index (χ2n) is 8.87. The number of rotatable bonds is 4. The second kappa shape index (κ2) is 8.90. The van der Waals surface area contributed by atoms with Crippen LogP contribution in [0.5, 0.6) is 0 Å². The summed E-state index contributed by atoms with van der Waals surface area (Å²) in [4.78, 5) is 36.1. The van der Waals surface area contributed by atoms with Crippen LogP contribution in [-0.4, -0.2) is 34.1 Å². The van der Waals surface area contributed by atoms with Crippen molar-refractivity contribution in [3.05, 3.63) is 71.9 Å². The zero-order valence-electron chi connectivity index (χ0n) is 18.9. The summed E-state index contributed by atoms with van der Waals surface area (Å²) >= 11 is 0. The Hall–Kier alpha value is -3.94. The lowest BCUT2D eigenvalue weighted by Gasteiger charge is -2.27. The first-order valence-electron chi connectivity index (χ1n) is 10.8. The van der Waals surface area contributed by atoms with Gasteiger partial charge in [-0.2, -0.15) is 0 Å². The Labute approximate surface area is 192 Å². The number of hydrogen-bond acceptors (Lipinski definition) is 6. The first-order chi connectivity index (χ1) is 15.7. The molecule has 0 spiro atoms. The molecule has 0 saturated heterocycles. The van der Waals surface area contributed by atoms with Crippen molar-refractivity contribution in [1.29, 1.82) is 0 Å². The number of amides is 2. The molecular formula is C25H27N5O3. The summed E-state index contributed by atoms with van der Waals surface area (Å²) in [6, 6.07) is 15.9. The van der Waals surface area contributed by atoms with Crippen molar-refractivity contribution < 1.29 is 14.3 Å². The highest BCUT2D eigenvalue weighted by molar-refractivity contribution is 6.01. The summed E-state index contributed by atoms with van der Waals surface area (Å²) in [5.74, 6) is -0.00596. The third kappa shape index (κ3) is 5.11. The number of anilines is 2. The number of alkyl carbamates (subject to hydrolysis) is 1. The van der Waals surface area contributed by atoms with Gasteiger partial charge in [-0.1, -0.05) is 36.4 Å². The molecule has 33 heavy (non-hydrogen) atoms. The first kappa shape index (κ1) is 22.3. The molecule has 0 bridgehead atoms. The molecule has 2 aromatic carbocycles. The molecule has 170 valence electrons. The van der Waals surface area contributed by atoms with Gasteiger partial charge in [0, 0.05) is 24.0 Å². The lowest BCUT2D eigenvalue weighted by molar-refractivity contribution is -0.120. The van der Waals surface area contributed by atoms with Gasteiger partial charge in [0.1, 0.15) is 11.6 Å². The Morgan fingerprint density at radius 2 is 1.88 bits per heavy atom. The molecule has 1 aromatic heterocycles. The van der Waals surface area contributed by atoms with Gasteiger partial charge in [-0.15, -0.1) is 0 Å². The van der Waals surface area contributed by atoms with E-state index in [4.69, 9.17) is 10.5 Å². The summed E-state index contributed by atoms with van der Waals surface area (Å²) in [5.41, 5.74) is 9.21. The van der Waals surface area contributed by atoms with Crippen LogP contribution in [0.25, 0.3) is 11.3 Å². The molecule has 8 heteroatoms. The molecule has 1 atom stereocenters. The van der Waals surface area contributed by atoms with E-state index < -0.39 is 17.7 Å². The second-order valence-corrected chi connectivity index (χ2v) is 8.87. The molecule has 0 saturated carbocycles. The molecule has 2 heterocycles. The maximum absolute atomic E-state index is 13.6.